The van der Waals surface area contributed by atoms with E-state index in [0.717, 1.165) is 18.6 Å². The lowest BCUT2D eigenvalue weighted by Gasteiger charge is -2.05. The first-order chi connectivity index (χ1) is 6.22. The third-order valence-corrected chi connectivity index (χ3v) is 1.98. The van der Waals surface area contributed by atoms with Crippen LogP contribution >= 0.6 is 0 Å². The quantitative estimate of drug-likeness (QED) is 0.768. The van der Waals surface area contributed by atoms with E-state index in [1.165, 1.54) is 5.56 Å². The summed E-state index contributed by atoms with van der Waals surface area (Å²) in [6.07, 6.45) is 1.47. The minimum atomic E-state index is -0.230. The van der Waals surface area contributed by atoms with Crippen molar-refractivity contribution in [3.8, 4) is 5.75 Å². The Hall–Kier alpha value is -1.02. The Morgan fingerprint density at radius 1 is 1.46 bits per heavy atom. The lowest BCUT2D eigenvalue weighted by Crippen LogP contribution is -2.01. The standard InChI is InChI=1S/C11H16O2/c1-9(12)6-7-10-4-3-5-11(8-10)13-2/h3-5,8-9,12H,6-7H2,1-2H3/t9-/m0/s1. The molecule has 1 aromatic rings. The molecule has 0 aliphatic carbocycles. The normalized spacial score (nSPS) is 12.5. The molecular formula is C11H16O2. The molecule has 2 nitrogen and oxygen atoms in total. The molecule has 0 saturated carbocycles. The molecule has 0 bridgehead atoms. The van der Waals surface area contributed by atoms with Crippen LogP contribution in [0, 0.1) is 0 Å². The van der Waals surface area contributed by atoms with E-state index in [-0.39, 0.29) is 6.10 Å². The summed E-state index contributed by atoms with van der Waals surface area (Å²) in [6.45, 7) is 1.81. The highest BCUT2D eigenvalue weighted by Gasteiger charge is 1.98. The highest BCUT2D eigenvalue weighted by atomic mass is 16.5. The Labute approximate surface area is 79.2 Å². The van der Waals surface area contributed by atoms with Crippen molar-refractivity contribution in [2.75, 3.05) is 7.11 Å². The molecule has 0 aromatic heterocycles. The number of benzene rings is 1. The predicted octanol–water partition coefficient (Wildman–Crippen LogP) is 2.01. The first-order valence-electron chi connectivity index (χ1n) is 4.53. The maximum Gasteiger partial charge on any atom is 0.119 e. The second-order valence-corrected chi connectivity index (χ2v) is 3.24. The Morgan fingerprint density at radius 3 is 2.85 bits per heavy atom. The van der Waals surface area contributed by atoms with Crippen molar-refractivity contribution in [3.63, 3.8) is 0 Å². The van der Waals surface area contributed by atoms with Crippen LogP contribution in [0.4, 0.5) is 0 Å². The maximum absolute atomic E-state index is 9.11. The highest BCUT2D eigenvalue weighted by molar-refractivity contribution is 5.28. The Bertz CT molecular complexity index is 256. The van der Waals surface area contributed by atoms with Gasteiger partial charge in [0.05, 0.1) is 13.2 Å². The molecule has 0 spiro atoms. The molecule has 0 unspecified atom stereocenters. The van der Waals surface area contributed by atoms with Crippen LogP contribution in [0.1, 0.15) is 18.9 Å². The van der Waals surface area contributed by atoms with E-state index in [0.29, 0.717) is 0 Å². The molecule has 0 fully saturated rings. The Balaban J connectivity index is 2.56. The van der Waals surface area contributed by atoms with Crippen molar-refractivity contribution in [2.45, 2.75) is 25.9 Å². The van der Waals surface area contributed by atoms with Gasteiger partial charge in [0, 0.05) is 0 Å². The summed E-state index contributed by atoms with van der Waals surface area (Å²) < 4.78 is 5.10. The smallest absolute Gasteiger partial charge is 0.119 e. The summed E-state index contributed by atoms with van der Waals surface area (Å²) >= 11 is 0. The summed E-state index contributed by atoms with van der Waals surface area (Å²) in [5, 5.41) is 9.11. The number of ether oxygens (including phenoxy) is 1. The zero-order chi connectivity index (χ0) is 9.68. The number of hydrogen-bond acceptors (Lipinski definition) is 2. The van der Waals surface area contributed by atoms with Gasteiger partial charge in [0.2, 0.25) is 0 Å². The van der Waals surface area contributed by atoms with Gasteiger partial charge in [0.15, 0.2) is 0 Å². The molecular weight excluding hydrogens is 164 g/mol. The van der Waals surface area contributed by atoms with Crippen LogP contribution in [0.15, 0.2) is 24.3 Å². The van der Waals surface area contributed by atoms with Gasteiger partial charge in [-0.1, -0.05) is 12.1 Å². The highest BCUT2D eigenvalue weighted by Crippen LogP contribution is 2.14. The van der Waals surface area contributed by atoms with E-state index in [9.17, 15) is 0 Å². The van der Waals surface area contributed by atoms with Gasteiger partial charge in [-0.15, -0.1) is 0 Å². The van der Waals surface area contributed by atoms with Crippen molar-refractivity contribution >= 4 is 0 Å². The Kier molecular flexibility index (Phi) is 3.77. The molecule has 0 amide bonds. The second-order valence-electron chi connectivity index (χ2n) is 3.24. The van der Waals surface area contributed by atoms with Crippen LogP contribution < -0.4 is 4.74 Å². The monoisotopic (exact) mass is 180 g/mol. The molecule has 72 valence electrons. The number of rotatable bonds is 4. The number of methoxy groups -OCH3 is 1. The van der Waals surface area contributed by atoms with Crippen molar-refractivity contribution in [2.24, 2.45) is 0 Å². The van der Waals surface area contributed by atoms with E-state index < -0.39 is 0 Å². The van der Waals surface area contributed by atoms with Crippen molar-refractivity contribution in [3.05, 3.63) is 29.8 Å². The van der Waals surface area contributed by atoms with Gasteiger partial charge in [-0.3, -0.25) is 0 Å². The van der Waals surface area contributed by atoms with E-state index in [1.807, 2.05) is 24.3 Å². The van der Waals surface area contributed by atoms with Crippen LogP contribution in [0.3, 0.4) is 0 Å². The topological polar surface area (TPSA) is 29.5 Å². The molecule has 0 aliphatic heterocycles. The van der Waals surface area contributed by atoms with E-state index in [4.69, 9.17) is 9.84 Å². The molecule has 0 heterocycles. The van der Waals surface area contributed by atoms with E-state index in [2.05, 4.69) is 0 Å². The summed E-state index contributed by atoms with van der Waals surface area (Å²) in [6, 6.07) is 7.94. The first-order valence-corrected chi connectivity index (χ1v) is 4.53. The zero-order valence-electron chi connectivity index (χ0n) is 8.16. The largest absolute Gasteiger partial charge is 0.497 e. The summed E-state index contributed by atoms with van der Waals surface area (Å²) in [7, 11) is 1.66. The second kappa shape index (κ2) is 4.87. The van der Waals surface area contributed by atoms with Crippen LogP contribution in [-0.2, 0) is 6.42 Å². The number of aliphatic hydroxyl groups excluding tert-OH is 1. The third-order valence-electron chi connectivity index (χ3n) is 1.98. The van der Waals surface area contributed by atoms with Crippen LogP contribution in [-0.4, -0.2) is 18.3 Å². The molecule has 2 heteroatoms. The first kappa shape index (κ1) is 10.1. The average Bonchev–Trinajstić information content (AvgIpc) is 2.15. The molecule has 1 aromatic carbocycles. The fraction of sp³-hybridized carbons (Fsp3) is 0.455. The van der Waals surface area contributed by atoms with Crippen LogP contribution in [0.25, 0.3) is 0 Å². The molecule has 1 atom stereocenters. The van der Waals surface area contributed by atoms with E-state index in [1.54, 1.807) is 14.0 Å². The minimum Gasteiger partial charge on any atom is -0.497 e. The fourth-order valence-electron chi connectivity index (χ4n) is 1.20. The van der Waals surface area contributed by atoms with Gasteiger partial charge in [0.1, 0.15) is 5.75 Å². The van der Waals surface area contributed by atoms with Crippen molar-refractivity contribution < 1.29 is 9.84 Å². The van der Waals surface area contributed by atoms with E-state index >= 15 is 0 Å². The fourth-order valence-corrected chi connectivity index (χ4v) is 1.20. The minimum absolute atomic E-state index is 0.230. The number of hydrogen-bond donors (Lipinski definition) is 1. The maximum atomic E-state index is 9.11. The SMILES string of the molecule is COc1cccc(CC[C@H](C)O)c1. The van der Waals surface area contributed by atoms with Gasteiger partial charge in [-0.2, -0.15) is 0 Å². The molecule has 1 rings (SSSR count). The van der Waals surface area contributed by atoms with Gasteiger partial charge >= 0.3 is 0 Å². The molecule has 13 heavy (non-hydrogen) atoms. The van der Waals surface area contributed by atoms with Gasteiger partial charge in [-0.25, -0.2) is 0 Å². The Morgan fingerprint density at radius 2 is 2.23 bits per heavy atom. The third kappa shape index (κ3) is 3.47. The number of aliphatic hydroxyl groups is 1. The lowest BCUT2D eigenvalue weighted by atomic mass is 10.1. The molecule has 0 aliphatic rings. The lowest BCUT2D eigenvalue weighted by molar-refractivity contribution is 0.185. The number of aryl methyl sites for hydroxylation is 1. The summed E-state index contributed by atoms with van der Waals surface area (Å²) in [5.41, 5.74) is 1.21. The van der Waals surface area contributed by atoms with Crippen LogP contribution in [0.2, 0.25) is 0 Å². The van der Waals surface area contributed by atoms with Crippen molar-refractivity contribution in [1.29, 1.82) is 0 Å². The predicted molar refractivity (Wildman–Crippen MR) is 53.0 cm³/mol. The average molecular weight is 180 g/mol. The van der Waals surface area contributed by atoms with Crippen molar-refractivity contribution in [1.82, 2.24) is 0 Å². The molecule has 0 saturated heterocycles. The van der Waals surface area contributed by atoms with Gasteiger partial charge in [0.25, 0.3) is 0 Å². The summed E-state index contributed by atoms with van der Waals surface area (Å²) in [4.78, 5) is 0. The van der Waals surface area contributed by atoms with Gasteiger partial charge in [-0.05, 0) is 37.5 Å². The van der Waals surface area contributed by atoms with Gasteiger partial charge < -0.3 is 9.84 Å². The van der Waals surface area contributed by atoms with Crippen LogP contribution in [0.5, 0.6) is 5.75 Å². The molecule has 1 N–H and O–H groups in total. The summed E-state index contributed by atoms with van der Waals surface area (Å²) in [5.74, 6) is 0.878. The zero-order valence-corrected chi connectivity index (χ0v) is 8.16. The molecule has 0 radical (unpaired) electrons.